The Morgan fingerprint density at radius 1 is 1.30 bits per heavy atom. The van der Waals surface area contributed by atoms with Crippen molar-refractivity contribution in [3.05, 3.63) is 5.89 Å². The van der Waals surface area contributed by atoms with Gasteiger partial charge in [0, 0.05) is 6.54 Å². The summed E-state index contributed by atoms with van der Waals surface area (Å²) in [5.74, 6) is 0.851. The van der Waals surface area contributed by atoms with E-state index in [9.17, 15) is 4.79 Å². The largest absolute Gasteiger partial charge is 0.407 e. The van der Waals surface area contributed by atoms with Crippen molar-refractivity contribution in [3.8, 4) is 0 Å². The van der Waals surface area contributed by atoms with Crippen LogP contribution in [-0.4, -0.2) is 35.2 Å². The third kappa shape index (κ3) is 6.01. The van der Waals surface area contributed by atoms with Gasteiger partial charge in [-0.05, 0) is 25.8 Å². The molecule has 0 aliphatic carbocycles. The zero-order valence-corrected chi connectivity index (χ0v) is 12.7. The maximum Gasteiger partial charge on any atom is 0.316 e. The van der Waals surface area contributed by atoms with E-state index in [4.69, 9.17) is 4.42 Å². The lowest BCUT2D eigenvalue weighted by molar-refractivity contribution is -0.121. The summed E-state index contributed by atoms with van der Waals surface area (Å²) in [6, 6.07) is -0.142. The van der Waals surface area contributed by atoms with E-state index in [1.54, 1.807) is 6.92 Å². The van der Waals surface area contributed by atoms with Crippen LogP contribution in [0.5, 0.6) is 0 Å². The first kappa shape index (κ1) is 16.4. The molecule has 0 aliphatic rings. The normalized spacial score (nSPS) is 12.4. The number of carbonyl (C=O) groups is 1. The van der Waals surface area contributed by atoms with Crippen LogP contribution in [-0.2, 0) is 11.3 Å². The molecule has 0 aromatic carbocycles. The first-order chi connectivity index (χ1) is 9.52. The van der Waals surface area contributed by atoms with Crippen LogP contribution in [0.25, 0.3) is 0 Å². The van der Waals surface area contributed by atoms with Gasteiger partial charge in [0.2, 0.25) is 11.8 Å². The highest BCUT2D eigenvalue weighted by molar-refractivity contribution is 5.83. The lowest BCUT2D eigenvalue weighted by atomic mass is 10.2. The van der Waals surface area contributed by atoms with Gasteiger partial charge in [0.1, 0.15) is 6.04 Å². The molecule has 0 saturated heterocycles. The van der Waals surface area contributed by atoms with Crippen molar-refractivity contribution in [1.29, 1.82) is 0 Å². The Balaban J connectivity index is 2.37. The van der Waals surface area contributed by atoms with Crippen molar-refractivity contribution in [2.24, 2.45) is 5.92 Å². The fourth-order valence-corrected chi connectivity index (χ4v) is 1.46. The summed E-state index contributed by atoms with van der Waals surface area (Å²) in [6.45, 7) is 10.0. The van der Waals surface area contributed by atoms with E-state index < -0.39 is 6.04 Å². The number of carbonyl (C=O) groups excluding carboxylic acids is 1. The summed E-state index contributed by atoms with van der Waals surface area (Å²) in [5, 5.41) is 16.7. The highest BCUT2D eigenvalue weighted by Crippen LogP contribution is 2.07. The Kier molecular flexibility index (Phi) is 7.00. The molecular weight excluding hydrogens is 258 g/mol. The smallest absolute Gasteiger partial charge is 0.316 e. The molecule has 114 valence electrons. The number of nitrogens with one attached hydrogen (secondary N) is 3. The lowest BCUT2D eigenvalue weighted by Gasteiger charge is -2.13. The Labute approximate surface area is 119 Å². The maximum atomic E-state index is 11.8. The van der Waals surface area contributed by atoms with Crippen LogP contribution in [0.3, 0.4) is 0 Å². The van der Waals surface area contributed by atoms with Crippen molar-refractivity contribution in [3.63, 3.8) is 0 Å². The highest BCUT2D eigenvalue weighted by Gasteiger charge is 2.15. The average Bonchev–Trinajstić information content (AvgIpc) is 2.83. The van der Waals surface area contributed by atoms with Crippen molar-refractivity contribution < 1.29 is 9.21 Å². The summed E-state index contributed by atoms with van der Waals surface area (Å²) >= 11 is 0. The summed E-state index contributed by atoms with van der Waals surface area (Å²) in [7, 11) is 0. The van der Waals surface area contributed by atoms with Crippen LogP contribution >= 0.6 is 0 Å². The van der Waals surface area contributed by atoms with Crippen LogP contribution in [0.1, 0.15) is 40.0 Å². The van der Waals surface area contributed by atoms with Gasteiger partial charge in [0.05, 0.1) is 6.54 Å². The molecular formula is C13H25N5O2. The third-order valence-corrected chi connectivity index (χ3v) is 2.59. The molecule has 20 heavy (non-hydrogen) atoms. The van der Waals surface area contributed by atoms with Gasteiger partial charge in [-0.3, -0.25) is 4.79 Å². The average molecular weight is 283 g/mol. The van der Waals surface area contributed by atoms with Crippen molar-refractivity contribution in [2.45, 2.75) is 46.7 Å². The molecule has 1 aromatic heterocycles. The first-order valence-corrected chi connectivity index (χ1v) is 7.10. The minimum atomic E-state index is -0.411. The molecule has 0 saturated carbocycles. The molecule has 1 unspecified atom stereocenters. The summed E-state index contributed by atoms with van der Waals surface area (Å²) in [4.78, 5) is 11.8. The predicted octanol–water partition coefficient (Wildman–Crippen LogP) is 1.14. The van der Waals surface area contributed by atoms with Crippen molar-refractivity contribution in [1.82, 2.24) is 20.8 Å². The van der Waals surface area contributed by atoms with Gasteiger partial charge in [0.25, 0.3) is 0 Å². The van der Waals surface area contributed by atoms with Gasteiger partial charge in [-0.25, -0.2) is 0 Å². The fourth-order valence-electron chi connectivity index (χ4n) is 1.46. The second-order valence-electron chi connectivity index (χ2n) is 5.18. The zero-order chi connectivity index (χ0) is 15.0. The number of anilines is 1. The van der Waals surface area contributed by atoms with Gasteiger partial charge < -0.3 is 20.4 Å². The molecule has 0 spiro atoms. The van der Waals surface area contributed by atoms with Crippen LogP contribution in [0.15, 0.2) is 4.42 Å². The number of amides is 1. The molecule has 1 amide bonds. The van der Waals surface area contributed by atoms with Gasteiger partial charge in [0.15, 0.2) is 0 Å². The van der Waals surface area contributed by atoms with Gasteiger partial charge in [-0.2, -0.15) is 0 Å². The quantitative estimate of drug-likeness (QED) is 0.589. The monoisotopic (exact) mass is 283 g/mol. The van der Waals surface area contributed by atoms with E-state index in [1.165, 1.54) is 0 Å². The molecule has 7 nitrogen and oxygen atoms in total. The molecule has 0 bridgehead atoms. The number of nitrogens with zero attached hydrogens (tertiary/aromatic N) is 2. The fraction of sp³-hybridized carbons (Fsp3) is 0.769. The summed E-state index contributed by atoms with van der Waals surface area (Å²) in [5.41, 5.74) is 0. The number of aromatic nitrogens is 2. The van der Waals surface area contributed by atoms with Gasteiger partial charge in [-0.1, -0.05) is 25.9 Å². The molecule has 7 heteroatoms. The molecule has 1 heterocycles. The Morgan fingerprint density at radius 3 is 2.70 bits per heavy atom. The Bertz CT molecular complexity index is 405. The minimum Gasteiger partial charge on any atom is -0.407 e. The molecule has 0 radical (unpaired) electrons. The van der Waals surface area contributed by atoms with Crippen LogP contribution in [0, 0.1) is 5.92 Å². The lowest BCUT2D eigenvalue weighted by Crippen LogP contribution is -2.39. The first-order valence-electron chi connectivity index (χ1n) is 7.10. The molecule has 0 fully saturated rings. The molecule has 3 N–H and O–H groups in total. The zero-order valence-electron chi connectivity index (χ0n) is 12.7. The van der Waals surface area contributed by atoms with Crippen molar-refractivity contribution >= 4 is 11.9 Å². The number of hydrogen-bond donors (Lipinski definition) is 3. The summed E-state index contributed by atoms with van der Waals surface area (Å²) < 4.78 is 5.40. The Hall–Kier alpha value is -1.63. The van der Waals surface area contributed by atoms with Crippen LogP contribution < -0.4 is 16.0 Å². The molecule has 1 atom stereocenters. The second kappa shape index (κ2) is 8.52. The molecule has 0 aliphatic heterocycles. The van der Waals surface area contributed by atoms with Crippen LogP contribution in [0.2, 0.25) is 0 Å². The standard InChI is InChI=1S/C13H25N5O2/c1-5-6-14-8-11-17-18-13(20-11)16-10(4)12(19)15-7-9(2)3/h9-10,14H,5-8H2,1-4H3,(H,15,19)(H,16,18). The second-order valence-corrected chi connectivity index (χ2v) is 5.18. The number of rotatable bonds is 9. The predicted molar refractivity (Wildman–Crippen MR) is 77.2 cm³/mol. The van der Waals surface area contributed by atoms with Gasteiger partial charge >= 0.3 is 6.01 Å². The van der Waals surface area contributed by atoms with E-state index in [2.05, 4.69) is 33.1 Å². The van der Waals surface area contributed by atoms with Crippen molar-refractivity contribution in [2.75, 3.05) is 18.4 Å². The SMILES string of the molecule is CCCNCc1nnc(NC(C)C(=O)NCC(C)C)o1. The van der Waals surface area contributed by atoms with E-state index >= 15 is 0 Å². The highest BCUT2D eigenvalue weighted by atomic mass is 16.4. The minimum absolute atomic E-state index is 0.0810. The van der Waals surface area contributed by atoms with Gasteiger partial charge in [-0.15, -0.1) is 5.10 Å². The van der Waals surface area contributed by atoms with E-state index in [0.29, 0.717) is 24.9 Å². The molecule has 1 rings (SSSR count). The third-order valence-electron chi connectivity index (χ3n) is 2.59. The Morgan fingerprint density at radius 2 is 2.05 bits per heavy atom. The maximum absolute atomic E-state index is 11.8. The number of hydrogen-bond acceptors (Lipinski definition) is 6. The van der Waals surface area contributed by atoms with E-state index in [-0.39, 0.29) is 11.9 Å². The van der Waals surface area contributed by atoms with E-state index in [0.717, 1.165) is 13.0 Å². The molecule has 1 aromatic rings. The topological polar surface area (TPSA) is 92.1 Å². The van der Waals surface area contributed by atoms with E-state index in [1.807, 2.05) is 13.8 Å². The van der Waals surface area contributed by atoms with Crippen LogP contribution in [0.4, 0.5) is 6.01 Å². The summed E-state index contributed by atoms with van der Waals surface area (Å²) in [6.07, 6.45) is 1.05.